The number of methoxy groups -OCH3 is 1. The molecule has 12 heteroatoms. The van der Waals surface area contributed by atoms with E-state index >= 15 is 0 Å². The molecule has 4 atom stereocenters. The molecular weight excluding hydrogens is 494 g/mol. The van der Waals surface area contributed by atoms with Crippen LogP contribution in [-0.2, 0) is 24.3 Å². The molecule has 200 valence electrons. The number of carbonyl (C=O) groups excluding carboxylic acids is 2. The van der Waals surface area contributed by atoms with Gasteiger partial charge < -0.3 is 29.2 Å². The van der Waals surface area contributed by atoms with E-state index in [2.05, 4.69) is 4.72 Å². The summed E-state index contributed by atoms with van der Waals surface area (Å²) in [6.45, 7) is 3.23. The van der Waals surface area contributed by atoms with Gasteiger partial charge in [0.2, 0.25) is 10.0 Å². The number of aliphatic hydroxyl groups excluding tert-OH is 2. The van der Waals surface area contributed by atoms with Crippen molar-refractivity contribution in [3.8, 4) is 11.5 Å². The number of aliphatic hydroxyl groups is 2. The molecule has 0 saturated carbocycles. The second kappa shape index (κ2) is 13.5. The molecule has 1 aromatic rings. The monoisotopic (exact) mass is 527 g/mol. The van der Waals surface area contributed by atoms with Gasteiger partial charge in [0.15, 0.2) is 12.6 Å². The summed E-state index contributed by atoms with van der Waals surface area (Å²) in [6, 6.07) is 2.99. The van der Waals surface area contributed by atoms with Gasteiger partial charge in [0, 0.05) is 25.6 Å². The van der Waals surface area contributed by atoms with Gasteiger partial charge in [-0.2, -0.15) is 0 Å². The van der Waals surface area contributed by atoms with Gasteiger partial charge in [0.1, 0.15) is 35.9 Å². The average molecular weight is 528 g/mol. The van der Waals surface area contributed by atoms with Gasteiger partial charge in [-0.3, -0.25) is 4.79 Å². The quantitative estimate of drug-likeness (QED) is 0.253. The number of hydrogen-bond donors (Lipinski definition) is 3. The summed E-state index contributed by atoms with van der Waals surface area (Å²) in [5.74, 6) is -1.35. The van der Waals surface area contributed by atoms with Crippen molar-refractivity contribution in [2.45, 2.75) is 38.6 Å². The zero-order chi connectivity index (χ0) is 26.9. The van der Waals surface area contributed by atoms with Crippen molar-refractivity contribution >= 4 is 27.9 Å². The van der Waals surface area contributed by atoms with E-state index < -0.39 is 40.1 Å². The zero-order valence-electron chi connectivity index (χ0n) is 20.7. The number of sulfonamides is 1. The summed E-state index contributed by atoms with van der Waals surface area (Å²) in [5.41, 5.74) is 0.399. The number of ketones is 1. The summed E-state index contributed by atoms with van der Waals surface area (Å²) in [7, 11) is -1.97. The molecule has 0 bridgehead atoms. The Morgan fingerprint density at radius 2 is 1.86 bits per heavy atom. The molecule has 0 radical (unpaired) electrons. The number of rotatable bonds is 8. The van der Waals surface area contributed by atoms with Crippen LogP contribution in [0.5, 0.6) is 11.5 Å². The number of benzene rings is 1. The van der Waals surface area contributed by atoms with E-state index in [1.807, 2.05) is 0 Å². The minimum Gasteiger partial charge on any atom is -0.492 e. The highest BCUT2D eigenvalue weighted by Crippen LogP contribution is 2.32. The molecule has 0 saturated heterocycles. The lowest BCUT2D eigenvalue weighted by molar-refractivity contribution is -0.127. The first kappa shape index (κ1) is 29.5. The molecule has 1 aliphatic rings. The Hall–Kier alpha value is -2.77. The molecule has 0 fully saturated rings. The molecule has 0 amide bonds. The van der Waals surface area contributed by atoms with E-state index in [4.69, 9.17) is 18.9 Å². The number of carbonyl (C=O) groups is 2. The second-order valence-electron chi connectivity index (χ2n) is 8.33. The maximum Gasteiger partial charge on any atom is 0.342 e. The molecule has 1 aromatic carbocycles. The lowest BCUT2D eigenvalue weighted by Gasteiger charge is -2.21. The zero-order valence-corrected chi connectivity index (χ0v) is 21.5. The van der Waals surface area contributed by atoms with E-state index in [0.717, 1.165) is 6.26 Å². The van der Waals surface area contributed by atoms with Crippen LogP contribution in [0.3, 0.4) is 0 Å². The third kappa shape index (κ3) is 9.03. The van der Waals surface area contributed by atoms with Gasteiger partial charge in [-0.25, -0.2) is 17.9 Å². The summed E-state index contributed by atoms with van der Waals surface area (Å²) in [6.07, 6.45) is 2.99. The van der Waals surface area contributed by atoms with Crippen LogP contribution in [0.15, 0.2) is 30.4 Å². The fraction of sp³-hybridized carbons (Fsp3) is 0.500. The fourth-order valence-corrected chi connectivity index (χ4v) is 3.62. The van der Waals surface area contributed by atoms with Crippen molar-refractivity contribution in [1.29, 1.82) is 0 Å². The lowest BCUT2D eigenvalue weighted by Crippen LogP contribution is -2.32. The third-order valence-electron chi connectivity index (χ3n) is 5.31. The van der Waals surface area contributed by atoms with E-state index in [1.165, 1.54) is 43.5 Å². The molecule has 1 aliphatic heterocycles. The van der Waals surface area contributed by atoms with Crippen LogP contribution in [0.2, 0.25) is 0 Å². The fourth-order valence-electron chi connectivity index (χ4n) is 3.17. The van der Waals surface area contributed by atoms with Crippen LogP contribution >= 0.6 is 0 Å². The number of hydrogen-bond acceptors (Lipinski definition) is 10. The molecule has 2 unspecified atom stereocenters. The molecule has 0 spiro atoms. The number of esters is 1. The Balaban J connectivity index is 2.49. The van der Waals surface area contributed by atoms with Crippen molar-refractivity contribution in [3.05, 3.63) is 41.5 Å². The predicted molar refractivity (Wildman–Crippen MR) is 131 cm³/mol. The molecule has 0 aromatic heterocycles. The van der Waals surface area contributed by atoms with Gasteiger partial charge >= 0.3 is 5.97 Å². The first-order chi connectivity index (χ1) is 16.9. The van der Waals surface area contributed by atoms with E-state index in [1.54, 1.807) is 13.8 Å². The van der Waals surface area contributed by atoms with Gasteiger partial charge in [-0.05, 0) is 31.1 Å². The minimum atomic E-state index is -3.39. The van der Waals surface area contributed by atoms with Gasteiger partial charge in [-0.15, -0.1) is 0 Å². The smallest absolute Gasteiger partial charge is 0.342 e. The second-order valence-corrected chi connectivity index (χ2v) is 10.2. The van der Waals surface area contributed by atoms with Crippen molar-refractivity contribution in [2.24, 2.45) is 5.92 Å². The third-order valence-corrected chi connectivity index (χ3v) is 6.03. The predicted octanol–water partition coefficient (Wildman–Crippen LogP) is 1.04. The summed E-state index contributed by atoms with van der Waals surface area (Å²) < 4.78 is 46.7. The van der Waals surface area contributed by atoms with Crippen molar-refractivity contribution < 1.29 is 47.2 Å². The van der Waals surface area contributed by atoms with Gasteiger partial charge in [-0.1, -0.05) is 25.2 Å². The number of fused-ring (bicyclic) bond motifs is 1. The SMILES string of the molecule is COCOc1cc(OCCNS(C)(=O)=O)cc2c1C(=O)O[C@@H](C)[C@H](C)/C=C\C(=O)C(O)C(O)C/C=C/2. The molecule has 3 N–H and O–H groups in total. The van der Waals surface area contributed by atoms with E-state index in [9.17, 15) is 28.2 Å². The highest BCUT2D eigenvalue weighted by molar-refractivity contribution is 7.88. The Bertz CT molecular complexity index is 1080. The Morgan fingerprint density at radius 3 is 2.53 bits per heavy atom. The summed E-state index contributed by atoms with van der Waals surface area (Å²) >= 11 is 0. The molecule has 36 heavy (non-hydrogen) atoms. The topological polar surface area (TPSA) is 158 Å². The van der Waals surface area contributed by atoms with Crippen LogP contribution < -0.4 is 14.2 Å². The number of cyclic esters (lactones) is 1. The summed E-state index contributed by atoms with van der Waals surface area (Å²) in [5, 5.41) is 20.4. The maximum atomic E-state index is 13.2. The van der Waals surface area contributed by atoms with E-state index in [0.29, 0.717) is 5.56 Å². The number of nitrogens with one attached hydrogen (secondary N) is 1. The maximum absolute atomic E-state index is 13.2. The van der Waals surface area contributed by atoms with Crippen LogP contribution in [0.4, 0.5) is 0 Å². The van der Waals surface area contributed by atoms with Crippen molar-refractivity contribution in [3.63, 3.8) is 0 Å². The van der Waals surface area contributed by atoms with Gasteiger partial charge in [0.25, 0.3) is 0 Å². The Labute approximate surface area is 210 Å². The van der Waals surface area contributed by atoms with Crippen LogP contribution in [-0.4, -0.2) is 82.0 Å². The van der Waals surface area contributed by atoms with Crippen LogP contribution in [0, 0.1) is 5.92 Å². The lowest BCUT2D eigenvalue weighted by atomic mass is 9.99. The van der Waals surface area contributed by atoms with Crippen LogP contribution in [0.1, 0.15) is 36.2 Å². The highest BCUT2D eigenvalue weighted by atomic mass is 32.2. The van der Waals surface area contributed by atoms with E-state index in [-0.39, 0.29) is 49.3 Å². The summed E-state index contributed by atoms with van der Waals surface area (Å²) in [4.78, 5) is 25.4. The minimum absolute atomic E-state index is 0.00234. The average Bonchev–Trinajstić information content (AvgIpc) is 2.81. The van der Waals surface area contributed by atoms with Crippen molar-refractivity contribution in [1.82, 2.24) is 4.72 Å². The first-order valence-electron chi connectivity index (χ1n) is 11.3. The first-order valence-corrected chi connectivity index (χ1v) is 13.1. The standard InChI is InChI=1S/C24H33NO10S/c1-15-8-9-20(27)23(28)19(26)7-5-6-17-12-18(33-11-10-25-36(4,30)31)13-21(34-14-32-3)22(17)24(29)35-16(15)2/h5-6,8-9,12-13,15-16,19,23,25-26,28H,7,10-11,14H2,1-4H3/b6-5+,9-8-/t15-,16+,19?,23?/m1/s1. The van der Waals surface area contributed by atoms with Gasteiger partial charge in [0.05, 0.1) is 12.4 Å². The normalized spacial score (nSPS) is 25.3. The highest BCUT2D eigenvalue weighted by Gasteiger charge is 2.26. The Kier molecular flexibility index (Phi) is 11.1. The number of ether oxygens (including phenoxy) is 4. The molecule has 1 heterocycles. The molecular formula is C24H33NO10S. The molecule has 2 rings (SSSR count). The molecule has 0 aliphatic carbocycles. The molecule has 11 nitrogen and oxygen atoms in total. The van der Waals surface area contributed by atoms with Crippen molar-refractivity contribution in [2.75, 3.05) is 33.3 Å². The van der Waals surface area contributed by atoms with Crippen LogP contribution in [0.25, 0.3) is 6.08 Å². The Morgan fingerprint density at radius 1 is 1.14 bits per heavy atom. The largest absolute Gasteiger partial charge is 0.492 e.